The van der Waals surface area contributed by atoms with Gasteiger partial charge in [-0.15, -0.1) is 0 Å². The normalized spacial score (nSPS) is 16.3. The van der Waals surface area contributed by atoms with Crippen molar-refractivity contribution in [1.29, 1.82) is 0 Å². The highest BCUT2D eigenvalue weighted by Gasteiger charge is 2.24. The van der Waals surface area contributed by atoms with Gasteiger partial charge in [0.15, 0.2) is 5.16 Å². The third-order valence-corrected chi connectivity index (χ3v) is 5.73. The second kappa shape index (κ2) is 10.00. The summed E-state index contributed by atoms with van der Waals surface area (Å²) in [6, 6.07) is 6.80. The molecule has 2 aromatic heterocycles. The maximum absolute atomic E-state index is 4.49. The van der Waals surface area contributed by atoms with Crippen LogP contribution in [0.5, 0.6) is 0 Å². The summed E-state index contributed by atoms with van der Waals surface area (Å²) in [6.45, 7) is 7.75. The maximum atomic E-state index is 4.49. The molecule has 0 aliphatic carbocycles. The first-order chi connectivity index (χ1) is 12.8. The van der Waals surface area contributed by atoms with Gasteiger partial charge in [-0.05, 0) is 50.9 Å². The lowest BCUT2D eigenvalue weighted by Gasteiger charge is -2.38. The first-order valence-corrected chi connectivity index (χ1v) is 10.7. The Morgan fingerprint density at radius 2 is 1.92 bits per heavy atom. The van der Waals surface area contributed by atoms with E-state index in [-0.39, 0.29) is 0 Å². The summed E-state index contributed by atoms with van der Waals surface area (Å²) in [7, 11) is 0. The standard InChI is InChI=1S/C20H29N5S/c1-3-24-11-8-19(9-12-24)25(13-7-18-6-4-5-10-21-18)16-17-14-22-20(26-2)23-15-17/h4-6,10,14-15,19H,3,7-9,11-13,16H2,1-2H3. The largest absolute Gasteiger partial charge is 0.303 e. The van der Waals surface area contributed by atoms with Crippen molar-refractivity contribution >= 4 is 11.8 Å². The number of hydrogen-bond donors (Lipinski definition) is 0. The predicted molar refractivity (Wildman–Crippen MR) is 107 cm³/mol. The third kappa shape index (κ3) is 5.50. The summed E-state index contributed by atoms with van der Waals surface area (Å²) >= 11 is 1.59. The molecule has 0 aromatic carbocycles. The number of likely N-dealkylation sites (tertiary alicyclic amines) is 1. The van der Waals surface area contributed by atoms with Gasteiger partial charge in [-0.2, -0.15) is 0 Å². The van der Waals surface area contributed by atoms with Crippen LogP contribution in [0.25, 0.3) is 0 Å². The third-order valence-electron chi connectivity index (χ3n) is 5.15. The first kappa shape index (κ1) is 19.3. The van der Waals surface area contributed by atoms with Crippen LogP contribution >= 0.6 is 11.8 Å². The number of aromatic nitrogens is 3. The molecule has 1 saturated heterocycles. The van der Waals surface area contributed by atoms with Crippen molar-refractivity contribution in [2.45, 2.75) is 43.9 Å². The summed E-state index contributed by atoms with van der Waals surface area (Å²) in [5.41, 5.74) is 2.36. The molecular weight excluding hydrogens is 342 g/mol. The zero-order chi connectivity index (χ0) is 18.2. The van der Waals surface area contributed by atoms with Crippen molar-refractivity contribution in [3.8, 4) is 0 Å². The molecule has 1 aliphatic rings. The summed E-state index contributed by atoms with van der Waals surface area (Å²) in [4.78, 5) is 18.5. The van der Waals surface area contributed by atoms with Gasteiger partial charge < -0.3 is 4.90 Å². The van der Waals surface area contributed by atoms with Crippen molar-refractivity contribution in [3.05, 3.63) is 48.0 Å². The van der Waals surface area contributed by atoms with Crippen LogP contribution < -0.4 is 0 Å². The average Bonchev–Trinajstić information content (AvgIpc) is 2.72. The van der Waals surface area contributed by atoms with Crippen LogP contribution in [0.15, 0.2) is 41.9 Å². The molecule has 26 heavy (non-hydrogen) atoms. The van der Waals surface area contributed by atoms with Crippen LogP contribution in [0.2, 0.25) is 0 Å². The molecule has 6 heteroatoms. The number of thioether (sulfide) groups is 1. The molecule has 2 aromatic rings. The first-order valence-electron chi connectivity index (χ1n) is 9.49. The quantitative estimate of drug-likeness (QED) is 0.525. The Balaban J connectivity index is 1.65. The monoisotopic (exact) mass is 371 g/mol. The predicted octanol–water partition coefficient (Wildman–Crippen LogP) is 3.12. The van der Waals surface area contributed by atoms with Crippen LogP contribution in [0, 0.1) is 0 Å². The van der Waals surface area contributed by atoms with Gasteiger partial charge in [-0.3, -0.25) is 9.88 Å². The molecule has 3 heterocycles. The molecule has 0 N–H and O–H groups in total. The van der Waals surface area contributed by atoms with E-state index in [1.807, 2.05) is 30.9 Å². The molecule has 0 radical (unpaired) electrons. The van der Waals surface area contributed by atoms with E-state index in [0.29, 0.717) is 6.04 Å². The number of hydrogen-bond acceptors (Lipinski definition) is 6. The minimum absolute atomic E-state index is 0.627. The molecule has 3 rings (SSSR count). The zero-order valence-electron chi connectivity index (χ0n) is 15.8. The van der Waals surface area contributed by atoms with E-state index < -0.39 is 0 Å². The molecule has 0 bridgehead atoms. The molecule has 0 saturated carbocycles. The fraction of sp³-hybridized carbons (Fsp3) is 0.550. The minimum Gasteiger partial charge on any atom is -0.303 e. The van der Waals surface area contributed by atoms with Crippen molar-refractivity contribution in [3.63, 3.8) is 0 Å². The van der Waals surface area contributed by atoms with Gasteiger partial charge in [-0.1, -0.05) is 24.8 Å². The van der Waals surface area contributed by atoms with E-state index in [9.17, 15) is 0 Å². The van der Waals surface area contributed by atoms with E-state index >= 15 is 0 Å². The molecule has 140 valence electrons. The lowest BCUT2D eigenvalue weighted by molar-refractivity contribution is 0.106. The molecular formula is C20H29N5S. The fourth-order valence-corrected chi connectivity index (χ4v) is 3.88. The van der Waals surface area contributed by atoms with E-state index in [4.69, 9.17) is 0 Å². The van der Waals surface area contributed by atoms with Crippen LogP contribution in [0.3, 0.4) is 0 Å². The van der Waals surface area contributed by atoms with Gasteiger partial charge in [0, 0.05) is 55.4 Å². The Kier molecular flexibility index (Phi) is 7.41. The molecule has 0 amide bonds. The molecule has 1 aliphatic heterocycles. The zero-order valence-corrected chi connectivity index (χ0v) is 16.7. The number of rotatable bonds is 8. The molecule has 0 unspecified atom stereocenters. The fourth-order valence-electron chi connectivity index (χ4n) is 3.56. The van der Waals surface area contributed by atoms with E-state index in [1.165, 1.54) is 31.5 Å². The van der Waals surface area contributed by atoms with Gasteiger partial charge >= 0.3 is 0 Å². The minimum atomic E-state index is 0.627. The Hall–Kier alpha value is -1.50. The smallest absolute Gasteiger partial charge is 0.187 e. The summed E-state index contributed by atoms with van der Waals surface area (Å²) in [5.74, 6) is 0. The van der Waals surface area contributed by atoms with Crippen LogP contribution in [0.4, 0.5) is 0 Å². The van der Waals surface area contributed by atoms with Crippen LogP contribution in [-0.4, -0.2) is 63.2 Å². The summed E-state index contributed by atoms with van der Waals surface area (Å²) < 4.78 is 0. The van der Waals surface area contributed by atoms with E-state index in [2.05, 4.69) is 43.8 Å². The van der Waals surface area contributed by atoms with Gasteiger partial charge in [-0.25, -0.2) is 9.97 Å². The van der Waals surface area contributed by atoms with Crippen molar-refractivity contribution in [2.75, 3.05) is 32.4 Å². The number of nitrogens with zero attached hydrogens (tertiary/aromatic N) is 5. The van der Waals surface area contributed by atoms with E-state index in [0.717, 1.165) is 36.9 Å². The Morgan fingerprint density at radius 1 is 1.15 bits per heavy atom. The Bertz CT molecular complexity index is 641. The molecule has 0 spiro atoms. The highest BCUT2D eigenvalue weighted by molar-refractivity contribution is 7.98. The van der Waals surface area contributed by atoms with Crippen LogP contribution in [-0.2, 0) is 13.0 Å². The van der Waals surface area contributed by atoms with Gasteiger partial charge in [0.2, 0.25) is 0 Å². The average molecular weight is 372 g/mol. The Morgan fingerprint density at radius 3 is 2.54 bits per heavy atom. The lowest BCUT2D eigenvalue weighted by atomic mass is 10.0. The van der Waals surface area contributed by atoms with E-state index in [1.54, 1.807) is 11.8 Å². The van der Waals surface area contributed by atoms with Crippen molar-refractivity contribution in [1.82, 2.24) is 24.8 Å². The highest BCUT2D eigenvalue weighted by atomic mass is 32.2. The number of piperidine rings is 1. The highest BCUT2D eigenvalue weighted by Crippen LogP contribution is 2.19. The molecule has 5 nitrogen and oxygen atoms in total. The van der Waals surface area contributed by atoms with Gasteiger partial charge in [0.25, 0.3) is 0 Å². The number of pyridine rings is 1. The second-order valence-electron chi connectivity index (χ2n) is 6.78. The molecule has 1 fully saturated rings. The molecule has 0 atom stereocenters. The van der Waals surface area contributed by atoms with Gasteiger partial charge in [0.05, 0.1) is 0 Å². The van der Waals surface area contributed by atoms with Crippen molar-refractivity contribution < 1.29 is 0 Å². The van der Waals surface area contributed by atoms with Gasteiger partial charge in [0.1, 0.15) is 0 Å². The van der Waals surface area contributed by atoms with Crippen LogP contribution in [0.1, 0.15) is 31.0 Å². The lowest BCUT2D eigenvalue weighted by Crippen LogP contribution is -2.45. The SMILES string of the molecule is CCN1CCC(N(CCc2ccccn2)Cc2cnc(SC)nc2)CC1. The summed E-state index contributed by atoms with van der Waals surface area (Å²) in [6.07, 6.45) is 11.3. The Labute approximate surface area is 161 Å². The topological polar surface area (TPSA) is 45.2 Å². The summed E-state index contributed by atoms with van der Waals surface area (Å²) in [5, 5.41) is 0.838. The van der Waals surface area contributed by atoms with Crippen molar-refractivity contribution in [2.24, 2.45) is 0 Å². The maximum Gasteiger partial charge on any atom is 0.187 e. The second-order valence-corrected chi connectivity index (χ2v) is 7.56.